The molecule has 4 rings (SSSR count). The first-order chi connectivity index (χ1) is 15.3. The summed E-state index contributed by atoms with van der Waals surface area (Å²) in [6.45, 7) is 6.91. The lowest BCUT2D eigenvalue weighted by molar-refractivity contribution is -0.115. The summed E-state index contributed by atoms with van der Waals surface area (Å²) in [6.07, 6.45) is 1.81. The third kappa shape index (κ3) is 4.67. The molecular weight excluding hydrogens is 442 g/mol. The quantitative estimate of drug-likeness (QED) is 0.527. The van der Waals surface area contributed by atoms with Gasteiger partial charge in [-0.3, -0.25) is 4.79 Å². The van der Waals surface area contributed by atoms with E-state index in [9.17, 15) is 13.2 Å². The molecule has 1 unspecified atom stereocenters. The van der Waals surface area contributed by atoms with E-state index in [-0.39, 0.29) is 11.2 Å². The van der Waals surface area contributed by atoms with Crippen molar-refractivity contribution < 1.29 is 13.2 Å². The van der Waals surface area contributed by atoms with Crippen LogP contribution in [0.15, 0.2) is 58.5 Å². The van der Waals surface area contributed by atoms with Crippen molar-refractivity contribution in [3.8, 4) is 0 Å². The molecule has 8 heteroatoms. The first-order valence-electron chi connectivity index (χ1n) is 10.7. The molecular formula is C24H27N3O3S2. The van der Waals surface area contributed by atoms with E-state index in [0.717, 1.165) is 45.6 Å². The number of thioether (sulfide) groups is 1. The summed E-state index contributed by atoms with van der Waals surface area (Å²) in [5, 5.41) is 4.18. The molecule has 2 heterocycles. The number of carbonyl (C=O) groups is 1. The number of benzene rings is 2. The van der Waals surface area contributed by atoms with E-state index in [0.29, 0.717) is 18.0 Å². The zero-order chi connectivity index (χ0) is 22.9. The number of hydrogen-bond acceptors (Lipinski definition) is 5. The number of nitrogens with zero attached hydrogens (tertiary/aromatic N) is 2. The highest BCUT2D eigenvalue weighted by Gasteiger charge is 2.27. The molecule has 2 aromatic carbocycles. The predicted molar refractivity (Wildman–Crippen MR) is 130 cm³/mol. The van der Waals surface area contributed by atoms with Gasteiger partial charge in [-0.2, -0.15) is 4.31 Å². The second kappa shape index (κ2) is 9.21. The van der Waals surface area contributed by atoms with Crippen LogP contribution in [0.2, 0.25) is 0 Å². The Labute approximate surface area is 193 Å². The van der Waals surface area contributed by atoms with Gasteiger partial charge in [-0.05, 0) is 75.1 Å². The van der Waals surface area contributed by atoms with Crippen LogP contribution in [0, 0.1) is 13.8 Å². The number of sulfonamides is 1. The molecule has 1 aromatic heterocycles. The molecule has 0 radical (unpaired) electrons. The number of hydrogen-bond donors (Lipinski definition) is 1. The highest BCUT2D eigenvalue weighted by atomic mass is 32.2. The Morgan fingerprint density at radius 3 is 2.50 bits per heavy atom. The highest BCUT2D eigenvalue weighted by molar-refractivity contribution is 8.00. The van der Waals surface area contributed by atoms with E-state index in [1.54, 1.807) is 22.5 Å². The Hall–Kier alpha value is -2.42. The Balaban J connectivity index is 1.54. The lowest BCUT2D eigenvalue weighted by atomic mass is 10.1. The molecule has 3 aromatic rings. The average Bonchev–Trinajstić information content (AvgIpc) is 3.31. The summed E-state index contributed by atoms with van der Waals surface area (Å²) in [6, 6.07) is 14.7. The zero-order valence-corrected chi connectivity index (χ0v) is 20.1. The fourth-order valence-corrected chi connectivity index (χ4v) is 6.29. The fourth-order valence-electron chi connectivity index (χ4n) is 3.82. The van der Waals surface area contributed by atoms with Crippen LogP contribution in [0.1, 0.15) is 30.9 Å². The zero-order valence-electron chi connectivity index (χ0n) is 18.5. The average molecular weight is 470 g/mol. The van der Waals surface area contributed by atoms with Gasteiger partial charge in [-0.1, -0.05) is 30.0 Å². The van der Waals surface area contributed by atoms with Gasteiger partial charge in [0.05, 0.1) is 20.7 Å². The molecule has 0 saturated carbocycles. The minimum atomic E-state index is -3.47. The van der Waals surface area contributed by atoms with Crippen LogP contribution in [-0.2, 0) is 14.8 Å². The molecule has 6 nitrogen and oxygen atoms in total. The van der Waals surface area contributed by atoms with Crippen molar-refractivity contribution in [2.24, 2.45) is 0 Å². The molecule has 32 heavy (non-hydrogen) atoms. The molecule has 0 aliphatic carbocycles. The van der Waals surface area contributed by atoms with Crippen molar-refractivity contribution in [2.75, 3.05) is 18.4 Å². The normalized spacial score (nSPS) is 15.7. The Bertz CT molecular complexity index is 1270. The SMILES string of the molecule is Cc1ccccc1NC(=O)C(C)Sc1cc(C)c2cc(S(=O)(=O)N3CCCC3)ccc2n1. The summed E-state index contributed by atoms with van der Waals surface area (Å²) in [5.74, 6) is -0.0871. The van der Waals surface area contributed by atoms with Crippen LogP contribution < -0.4 is 5.32 Å². The Morgan fingerprint density at radius 1 is 1.06 bits per heavy atom. The van der Waals surface area contributed by atoms with Gasteiger partial charge in [0.2, 0.25) is 15.9 Å². The van der Waals surface area contributed by atoms with Gasteiger partial charge in [0.15, 0.2) is 0 Å². The molecule has 1 amide bonds. The number of carbonyl (C=O) groups excluding carboxylic acids is 1. The van der Waals surface area contributed by atoms with Crippen molar-refractivity contribution in [1.82, 2.24) is 9.29 Å². The van der Waals surface area contributed by atoms with Gasteiger partial charge < -0.3 is 5.32 Å². The van der Waals surface area contributed by atoms with E-state index in [1.807, 2.05) is 51.1 Å². The Morgan fingerprint density at radius 2 is 1.78 bits per heavy atom. The van der Waals surface area contributed by atoms with Crippen LogP contribution in [0.5, 0.6) is 0 Å². The first-order valence-corrected chi connectivity index (χ1v) is 13.0. The van der Waals surface area contributed by atoms with Gasteiger partial charge in [0.1, 0.15) is 0 Å². The summed E-state index contributed by atoms with van der Waals surface area (Å²) in [7, 11) is -3.47. The van der Waals surface area contributed by atoms with E-state index >= 15 is 0 Å². The van der Waals surface area contributed by atoms with Gasteiger partial charge in [-0.25, -0.2) is 13.4 Å². The number of rotatable bonds is 6. The van der Waals surface area contributed by atoms with E-state index in [2.05, 4.69) is 10.3 Å². The molecule has 1 N–H and O–H groups in total. The third-order valence-electron chi connectivity index (χ3n) is 5.74. The number of pyridine rings is 1. The highest BCUT2D eigenvalue weighted by Crippen LogP contribution is 2.30. The topological polar surface area (TPSA) is 79.4 Å². The van der Waals surface area contributed by atoms with E-state index in [4.69, 9.17) is 0 Å². The summed E-state index contributed by atoms with van der Waals surface area (Å²) < 4.78 is 27.4. The van der Waals surface area contributed by atoms with Crippen LogP contribution in [0.4, 0.5) is 5.69 Å². The second-order valence-electron chi connectivity index (χ2n) is 8.13. The number of fused-ring (bicyclic) bond motifs is 1. The minimum absolute atomic E-state index is 0.0871. The molecule has 1 fully saturated rings. The van der Waals surface area contributed by atoms with Gasteiger partial charge >= 0.3 is 0 Å². The molecule has 168 valence electrons. The minimum Gasteiger partial charge on any atom is -0.325 e. The summed E-state index contributed by atoms with van der Waals surface area (Å²) >= 11 is 1.39. The largest absolute Gasteiger partial charge is 0.325 e. The van der Waals surface area contributed by atoms with Gasteiger partial charge in [0.25, 0.3) is 0 Å². The van der Waals surface area contributed by atoms with Gasteiger partial charge in [-0.15, -0.1) is 0 Å². The molecule has 1 aliphatic rings. The number of amides is 1. The molecule has 1 aliphatic heterocycles. The van der Waals surface area contributed by atoms with Crippen molar-refractivity contribution in [3.63, 3.8) is 0 Å². The molecule has 1 saturated heterocycles. The summed E-state index contributed by atoms with van der Waals surface area (Å²) in [5.41, 5.74) is 3.47. The van der Waals surface area contributed by atoms with Crippen molar-refractivity contribution in [3.05, 3.63) is 59.7 Å². The standard InChI is InChI=1S/C24H27N3O3S2/c1-16-8-4-5-9-21(16)26-24(28)18(3)31-23-14-17(2)20-15-19(10-11-22(20)25-23)32(29,30)27-12-6-7-13-27/h4-5,8-11,14-15,18H,6-7,12-13H2,1-3H3,(H,26,28). The van der Waals surface area contributed by atoms with Crippen LogP contribution in [-0.4, -0.2) is 42.0 Å². The lowest BCUT2D eigenvalue weighted by Crippen LogP contribution is -2.27. The number of aryl methyl sites for hydroxylation is 2. The smallest absolute Gasteiger partial charge is 0.243 e. The molecule has 0 bridgehead atoms. The molecule has 1 atom stereocenters. The van der Waals surface area contributed by atoms with E-state index < -0.39 is 10.0 Å². The predicted octanol–water partition coefficient (Wildman–Crippen LogP) is 4.76. The molecule has 0 spiro atoms. The maximum absolute atomic E-state index is 12.9. The Kier molecular flexibility index (Phi) is 6.55. The second-order valence-corrected chi connectivity index (χ2v) is 11.4. The number of para-hydroxylation sites is 1. The maximum Gasteiger partial charge on any atom is 0.243 e. The van der Waals surface area contributed by atoms with Crippen molar-refractivity contribution in [1.29, 1.82) is 0 Å². The van der Waals surface area contributed by atoms with Crippen LogP contribution >= 0.6 is 11.8 Å². The first kappa shape index (κ1) is 22.8. The number of nitrogens with one attached hydrogen (secondary N) is 1. The van der Waals surface area contributed by atoms with Crippen LogP contribution in [0.3, 0.4) is 0 Å². The monoisotopic (exact) mass is 469 g/mol. The van der Waals surface area contributed by atoms with Crippen molar-refractivity contribution >= 4 is 44.3 Å². The van der Waals surface area contributed by atoms with Crippen molar-refractivity contribution in [2.45, 2.75) is 48.8 Å². The maximum atomic E-state index is 12.9. The third-order valence-corrected chi connectivity index (χ3v) is 8.65. The number of anilines is 1. The fraction of sp³-hybridized carbons (Fsp3) is 0.333. The lowest BCUT2D eigenvalue weighted by Gasteiger charge is -2.17. The van der Waals surface area contributed by atoms with E-state index in [1.165, 1.54) is 11.8 Å². The summed E-state index contributed by atoms with van der Waals surface area (Å²) in [4.78, 5) is 17.7. The van der Waals surface area contributed by atoms with Crippen LogP contribution in [0.25, 0.3) is 10.9 Å². The number of aromatic nitrogens is 1. The van der Waals surface area contributed by atoms with Gasteiger partial charge in [0, 0.05) is 24.2 Å².